The monoisotopic (exact) mass is 966 g/mol. The summed E-state index contributed by atoms with van der Waals surface area (Å²) in [6, 6.07) is 14.8. The summed E-state index contributed by atoms with van der Waals surface area (Å²) in [6.07, 6.45) is 8.53. The number of aromatic nitrogens is 10. The Morgan fingerprint density at radius 3 is 1.60 bits per heavy atom. The molecule has 360 valence electrons. The van der Waals surface area contributed by atoms with Crippen molar-refractivity contribution >= 4 is 58.6 Å². The zero-order valence-corrected chi connectivity index (χ0v) is 41.7. The lowest BCUT2D eigenvalue weighted by Crippen LogP contribution is -2.42. The van der Waals surface area contributed by atoms with Gasteiger partial charge in [-0.2, -0.15) is 0 Å². The minimum Gasteiger partial charge on any atom is -0.338 e. The van der Waals surface area contributed by atoms with E-state index in [1.54, 1.807) is 64.0 Å². The molecule has 8 heterocycles. The molecule has 6 aromatic heterocycles. The van der Waals surface area contributed by atoms with Crippen molar-refractivity contribution in [3.8, 4) is 23.0 Å². The smallest absolute Gasteiger partial charge is 0.275 e. The fourth-order valence-corrected chi connectivity index (χ4v) is 6.92. The maximum atomic E-state index is 12.9. The molecular weight excluding hydrogens is 908 g/mol. The molecule has 0 aromatic carbocycles. The van der Waals surface area contributed by atoms with Gasteiger partial charge in [0.05, 0.1) is 0 Å². The number of hydrogen-bond donors (Lipinski definition) is 3. The van der Waals surface area contributed by atoms with Gasteiger partial charge in [-0.3, -0.25) is 29.1 Å². The van der Waals surface area contributed by atoms with E-state index >= 15 is 0 Å². The highest BCUT2D eigenvalue weighted by Gasteiger charge is 2.30. The molecule has 8 rings (SSSR count). The molecule has 18 nitrogen and oxygen atoms in total. The number of pyridine rings is 4. The number of carbonyl (C=O) groups is 4. The lowest BCUT2D eigenvalue weighted by Gasteiger charge is -2.33. The molecule has 0 radical (unpaired) electrons. The second kappa shape index (κ2) is 22.5. The zero-order chi connectivity index (χ0) is 48.6. The van der Waals surface area contributed by atoms with Crippen LogP contribution in [-0.2, 0) is 35.5 Å². The van der Waals surface area contributed by atoms with E-state index in [0.29, 0.717) is 53.5 Å². The van der Waals surface area contributed by atoms with Crippen LogP contribution in [0, 0.1) is 10.8 Å². The molecule has 2 aliphatic heterocycles. The number of carbonyl (C=O) groups excluding carboxylic acids is 4. The van der Waals surface area contributed by atoms with Crippen molar-refractivity contribution in [3.05, 3.63) is 107 Å². The molecule has 2 aliphatic rings. The van der Waals surface area contributed by atoms with E-state index in [9.17, 15) is 19.2 Å². The molecule has 0 spiro atoms. The maximum absolute atomic E-state index is 12.9. The Morgan fingerprint density at radius 1 is 0.676 bits per heavy atom. The van der Waals surface area contributed by atoms with Crippen LogP contribution in [0.4, 0.5) is 11.6 Å². The van der Waals surface area contributed by atoms with Gasteiger partial charge in [-0.05, 0) is 117 Å². The van der Waals surface area contributed by atoms with Gasteiger partial charge >= 0.3 is 0 Å². The van der Waals surface area contributed by atoms with E-state index in [-0.39, 0.29) is 58.6 Å². The maximum Gasteiger partial charge on any atom is 0.275 e. The third kappa shape index (κ3) is 13.4. The number of nitrogens with zero attached hydrogens (tertiary/aromatic N) is 11. The second-order valence-electron chi connectivity index (χ2n) is 18.9. The van der Waals surface area contributed by atoms with Crippen LogP contribution >= 0.6 is 24.0 Å². The van der Waals surface area contributed by atoms with Crippen LogP contribution in [0.25, 0.3) is 23.0 Å². The summed E-state index contributed by atoms with van der Waals surface area (Å²) in [5.41, 5.74) is 5.46. The molecule has 0 unspecified atom stereocenters. The van der Waals surface area contributed by atoms with Crippen LogP contribution in [0.3, 0.4) is 0 Å². The van der Waals surface area contributed by atoms with Gasteiger partial charge in [0.25, 0.3) is 11.8 Å². The summed E-state index contributed by atoms with van der Waals surface area (Å²) in [4.78, 5) is 68.0. The Morgan fingerprint density at radius 2 is 1.15 bits per heavy atom. The predicted octanol–water partition coefficient (Wildman–Crippen LogP) is 7.93. The first-order valence-corrected chi connectivity index (χ1v) is 22.6. The Bertz CT molecular complexity index is 2740. The first-order valence-electron chi connectivity index (χ1n) is 22.2. The Kier molecular flexibility index (Phi) is 17.4. The highest BCUT2D eigenvalue weighted by atomic mass is 35.5. The molecule has 68 heavy (non-hydrogen) atoms. The minimum atomic E-state index is -0.443. The van der Waals surface area contributed by atoms with E-state index in [1.165, 1.54) is 5.56 Å². The predicted molar refractivity (Wildman–Crippen MR) is 263 cm³/mol. The Balaban J connectivity index is 0.000000223. The van der Waals surface area contributed by atoms with Crippen molar-refractivity contribution in [2.75, 3.05) is 23.7 Å². The van der Waals surface area contributed by atoms with Gasteiger partial charge < -0.3 is 30.0 Å². The van der Waals surface area contributed by atoms with Crippen molar-refractivity contribution in [1.82, 2.24) is 59.7 Å². The molecule has 20 heteroatoms. The largest absolute Gasteiger partial charge is 0.338 e. The average Bonchev–Trinajstić information content (AvgIpc) is 4.00. The Hall–Kier alpha value is -6.50. The summed E-state index contributed by atoms with van der Waals surface area (Å²) in [5.74, 6) is 1.63. The molecule has 3 N–H and O–H groups in total. The molecule has 0 saturated heterocycles. The van der Waals surface area contributed by atoms with Gasteiger partial charge in [-0.1, -0.05) is 53.7 Å². The SMILES string of the molecule is CC(C)(C)C(=O)Cl.CC(C)n1cnnc1-c1cccc(NC(=O)c2cc3c(cn2)CCN(C(=O)C(C)(C)C)C3)n1.CC(C)n1cnnc1-c1cccc(NC(=O)c2cc3c(cn2)CCNC3)n1.Cl. The molecular formula is C48H60Cl2N14O4. The molecule has 3 amide bonds. The summed E-state index contributed by atoms with van der Waals surface area (Å²) < 4.78 is 3.86. The van der Waals surface area contributed by atoms with E-state index in [2.05, 4.69) is 70.1 Å². The molecule has 0 aliphatic carbocycles. The summed E-state index contributed by atoms with van der Waals surface area (Å²) in [5, 5.41) is 24.9. The lowest BCUT2D eigenvalue weighted by molar-refractivity contribution is -0.140. The molecule has 0 atom stereocenters. The van der Waals surface area contributed by atoms with E-state index in [4.69, 9.17) is 11.6 Å². The number of amides is 3. The summed E-state index contributed by atoms with van der Waals surface area (Å²) in [7, 11) is 0. The zero-order valence-electron chi connectivity index (χ0n) is 40.2. The highest BCUT2D eigenvalue weighted by molar-refractivity contribution is 6.64. The molecule has 0 fully saturated rings. The lowest BCUT2D eigenvalue weighted by atomic mass is 9.92. The number of anilines is 2. The molecule has 0 bridgehead atoms. The van der Waals surface area contributed by atoms with Crippen molar-refractivity contribution in [3.63, 3.8) is 0 Å². The van der Waals surface area contributed by atoms with Gasteiger partial charge in [0.2, 0.25) is 11.1 Å². The van der Waals surface area contributed by atoms with Crippen molar-refractivity contribution in [2.24, 2.45) is 10.8 Å². The standard InChI is InChI=1S/C24H29N7O2.C19H21N7O.C5H9ClO.ClH/c1-15(2)31-14-26-29-21(31)18-7-6-8-20(27-18)28-22(32)19-11-17-13-30(23(33)24(3,4)5)10-9-16(17)12-25-19;1-12(2)26-11-22-25-18(26)15-4-3-5-17(23-15)24-19(27)16-8-14-9-20-7-6-13(14)10-21-16;1-5(2,3)4(6)7;/h6-8,11-12,14-15H,9-10,13H2,1-5H3,(H,27,28,32);3-5,8,10-12,20H,6-7,9H2,1-2H3,(H,23,24,27);1-3H3;1H. The summed E-state index contributed by atoms with van der Waals surface area (Å²) in [6.45, 7) is 22.1. The number of rotatable bonds is 8. The van der Waals surface area contributed by atoms with Crippen LogP contribution in [0.1, 0.15) is 125 Å². The average molecular weight is 968 g/mol. The summed E-state index contributed by atoms with van der Waals surface area (Å²) >= 11 is 5.11. The molecule has 6 aromatic rings. The first kappa shape index (κ1) is 52.5. The third-order valence-electron chi connectivity index (χ3n) is 10.7. The van der Waals surface area contributed by atoms with Crippen LogP contribution in [0.2, 0.25) is 0 Å². The number of fused-ring (bicyclic) bond motifs is 2. The van der Waals surface area contributed by atoms with Gasteiger partial charge in [0, 0.05) is 54.9 Å². The van der Waals surface area contributed by atoms with Gasteiger partial charge in [0.1, 0.15) is 47.1 Å². The topological polar surface area (TPSA) is 221 Å². The second-order valence-corrected chi connectivity index (χ2v) is 19.2. The van der Waals surface area contributed by atoms with Crippen LogP contribution in [0.5, 0.6) is 0 Å². The van der Waals surface area contributed by atoms with Gasteiger partial charge in [-0.25, -0.2) is 9.97 Å². The van der Waals surface area contributed by atoms with Crippen LogP contribution in [-0.4, -0.2) is 90.4 Å². The first-order chi connectivity index (χ1) is 31.7. The van der Waals surface area contributed by atoms with Crippen molar-refractivity contribution < 1.29 is 19.2 Å². The quantitative estimate of drug-likeness (QED) is 0.124. The van der Waals surface area contributed by atoms with Crippen LogP contribution < -0.4 is 16.0 Å². The van der Waals surface area contributed by atoms with Gasteiger partial charge in [-0.15, -0.1) is 32.8 Å². The van der Waals surface area contributed by atoms with Crippen molar-refractivity contribution in [2.45, 2.75) is 107 Å². The van der Waals surface area contributed by atoms with Crippen LogP contribution in [0.15, 0.2) is 73.6 Å². The molecule has 0 saturated carbocycles. The fourth-order valence-electron chi connectivity index (χ4n) is 6.92. The fraction of sp³-hybridized carbons (Fsp3) is 0.417. The Labute approximate surface area is 408 Å². The number of hydrogen-bond acceptors (Lipinski definition) is 13. The number of halogens is 2. The third-order valence-corrected chi connectivity index (χ3v) is 11.3. The van der Waals surface area contributed by atoms with Crippen molar-refractivity contribution in [1.29, 1.82) is 0 Å². The van der Waals surface area contributed by atoms with E-state index < -0.39 is 5.41 Å². The highest BCUT2D eigenvalue weighted by Crippen LogP contribution is 2.26. The van der Waals surface area contributed by atoms with Gasteiger partial charge in [0.15, 0.2) is 11.6 Å². The number of nitrogens with one attached hydrogen (secondary N) is 3. The van der Waals surface area contributed by atoms with E-state index in [1.807, 2.05) is 79.0 Å². The minimum absolute atomic E-state index is 0. The normalized spacial score (nSPS) is 13.2. The van der Waals surface area contributed by atoms with E-state index in [0.717, 1.165) is 42.6 Å².